The zero-order valence-electron chi connectivity index (χ0n) is 12.5. The zero-order chi connectivity index (χ0) is 13.2. The molecule has 1 atom stereocenters. The average Bonchev–Trinajstić information content (AvgIpc) is 2.77. The summed E-state index contributed by atoms with van der Waals surface area (Å²) in [6.07, 6.45) is 12.6. The van der Waals surface area contributed by atoms with Crippen LogP contribution in [-0.4, -0.2) is 0 Å². The van der Waals surface area contributed by atoms with E-state index in [1.54, 1.807) is 4.88 Å². The van der Waals surface area contributed by atoms with Crippen LogP contribution in [0.2, 0.25) is 0 Å². The van der Waals surface area contributed by atoms with Crippen LogP contribution in [0.3, 0.4) is 0 Å². The first kappa shape index (κ1) is 15.8. The molecule has 18 heavy (non-hydrogen) atoms. The van der Waals surface area contributed by atoms with Gasteiger partial charge in [0, 0.05) is 9.75 Å². The molecule has 0 saturated heterocycles. The molecule has 1 heteroatoms. The lowest BCUT2D eigenvalue weighted by Crippen LogP contribution is -2.04. The van der Waals surface area contributed by atoms with E-state index in [-0.39, 0.29) is 0 Å². The fraction of sp³-hybridized carbons (Fsp3) is 0.765. The molecule has 1 aromatic heterocycles. The molecule has 0 saturated carbocycles. The van der Waals surface area contributed by atoms with Crippen LogP contribution in [0.4, 0.5) is 0 Å². The Morgan fingerprint density at radius 1 is 0.944 bits per heavy atom. The molecule has 0 fully saturated rings. The van der Waals surface area contributed by atoms with E-state index < -0.39 is 0 Å². The van der Waals surface area contributed by atoms with Gasteiger partial charge < -0.3 is 0 Å². The van der Waals surface area contributed by atoms with Crippen molar-refractivity contribution in [2.75, 3.05) is 0 Å². The smallest absolute Gasteiger partial charge is 0.00508 e. The monoisotopic (exact) mass is 266 g/mol. The summed E-state index contributed by atoms with van der Waals surface area (Å²) in [7, 11) is 0. The number of unbranched alkanes of at least 4 members (excludes halogenated alkanes) is 4. The Bertz CT molecular complexity index is 300. The summed E-state index contributed by atoms with van der Waals surface area (Å²) in [6, 6.07) is 4.61. The fourth-order valence-electron chi connectivity index (χ4n) is 2.58. The van der Waals surface area contributed by atoms with Crippen LogP contribution in [0, 0.1) is 12.8 Å². The molecule has 0 spiro atoms. The van der Waals surface area contributed by atoms with E-state index in [0.29, 0.717) is 0 Å². The normalized spacial score (nSPS) is 12.8. The number of aryl methyl sites for hydroxylation is 1. The second-order valence-corrected chi connectivity index (χ2v) is 6.95. The average molecular weight is 266 g/mol. The highest BCUT2D eigenvalue weighted by Crippen LogP contribution is 2.25. The first-order valence-corrected chi connectivity index (χ1v) is 8.63. The largest absolute Gasteiger partial charge is 0.146 e. The van der Waals surface area contributed by atoms with Gasteiger partial charge in [0.05, 0.1) is 0 Å². The highest BCUT2D eigenvalue weighted by Gasteiger charge is 2.10. The Morgan fingerprint density at radius 2 is 1.67 bits per heavy atom. The molecule has 0 aromatic carbocycles. The van der Waals surface area contributed by atoms with Crippen molar-refractivity contribution in [3.8, 4) is 0 Å². The predicted octanol–water partition coefficient (Wildman–Crippen LogP) is 6.38. The molecule has 0 radical (unpaired) electrons. The molecule has 1 unspecified atom stereocenters. The summed E-state index contributed by atoms with van der Waals surface area (Å²) in [5, 5.41) is 0. The number of rotatable bonds is 10. The van der Waals surface area contributed by atoms with Gasteiger partial charge in [0.25, 0.3) is 0 Å². The van der Waals surface area contributed by atoms with Crippen LogP contribution in [0.25, 0.3) is 0 Å². The lowest BCUT2D eigenvalue weighted by Gasteiger charge is -2.15. The molecule has 0 amide bonds. The Hall–Kier alpha value is -0.300. The van der Waals surface area contributed by atoms with E-state index in [1.807, 2.05) is 11.3 Å². The van der Waals surface area contributed by atoms with Crippen LogP contribution in [0.1, 0.15) is 75.0 Å². The maximum atomic E-state index is 2.34. The van der Waals surface area contributed by atoms with Gasteiger partial charge >= 0.3 is 0 Å². The van der Waals surface area contributed by atoms with Crippen LogP contribution in [0.15, 0.2) is 12.1 Å². The molecular formula is C17H30S. The van der Waals surface area contributed by atoms with Crippen LogP contribution in [0.5, 0.6) is 0 Å². The maximum Gasteiger partial charge on any atom is 0.00508 e. The molecule has 0 aliphatic carbocycles. The van der Waals surface area contributed by atoms with Gasteiger partial charge in [-0.1, -0.05) is 65.2 Å². The molecule has 0 aliphatic rings. The topological polar surface area (TPSA) is 0 Å². The third-order valence-corrected chi connectivity index (χ3v) is 4.74. The molecule has 1 aromatic rings. The standard InChI is InChI=1S/C17H30S/c1-4-6-8-9-11-16(10-7-5-2)14-17-13-12-15(3)18-17/h12-13,16H,4-11,14H2,1-3H3. The number of thiophene rings is 1. The molecular weight excluding hydrogens is 236 g/mol. The summed E-state index contributed by atoms with van der Waals surface area (Å²) in [6.45, 7) is 6.82. The van der Waals surface area contributed by atoms with E-state index in [9.17, 15) is 0 Å². The van der Waals surface area contributed by atoms with Gasteiger partial charge in [0.15, 0.2) is 0 Å². The Morgan fingerprint density at radius 3 is 2.28 bits per heavy atom. The molecule has 1 rings (SSSR count). The van der Waals surface area contributed by atoms with Crippen molar-refractivity contribution in [3.05, 3.63) is 21.9 Å². The summed E-state index contributed by atoms with van der Waals surface area (Å²) >= 11 is 1.99. The van der Waals surface area contributed by atoms with Gasteiger partial charge in [-0.3, -0.25) is 0 Å². The predicted molar refractivity (Wildman–Crippen MR) is 84.5 cm³/mol. The number of hydrogen-bond donors (Lipinski definition) is 0. The zero-order valence-corrected chi connectivity index (χ0v) is 13.3. The van der Waals surface area contributed by atoms with E-state index in [4.69, 9.17) is 0 Å². The van der Waals surface area contributed by atoms with Crippen molar-refractivity contribution >= 4 is 11.3 Å². The summed E-state index contributed by atoms with van der Waals surface area (Å²) in [4.78, 5) is 3.06. The minimum absolute atomic E-state index is 0.930. The van der Waals surface area contributed by atoms with E-state index in [2.05, 4.69) is 32.9 Å². The van der Waals surface area contributed by atoms with Crippen molar-refractivity contribution in [3.63, 3.8) is 0 Å². The first-order valence-electron chi connectivity index (χ1n) is 7.81. The first-order chi connectivity index (χ1) is 8.76. The third kappa shape index (κ3) is 6.58. The maximum absolute atomic E-state index is 2.34. The second-order valence-electron chi connectivity index (χ2n) is 5.57. The van der Waals surface area contributed by atoms with Gasteiger partial charge in [-0.25, -0.2) is 0 Å². The highest BCUT2D eigenvalue weighted by molar-refractivity contribution is 7.11. The molecule has 104 valence electrons. The SMILES string of the molecule is CCCCCCC(CCCC)Cc1ccc(C)s1. The van der Waals surface area contributed by atoms with Crippen molar-refractivity contribution in [1.82, 2.24) is 0 Å². The molecule has 1 heterocycles. The highest BCUT2D eigenvalue weighted by atomic mass is 32.1. The molecule has 0 aliphatic heterocycles. The van der Waals surface area contributed by atoms with Gasteiger partial charge in [-0.2, -0.15) is 0 Å². The molecule has 0 N–H and O–H groups in total. The van der Waals surface area contributed by atoms with E-state index >= 15 is 0 Å². The number of hydrogen-bond acceptors (Lipinski definition) is 1. The van der Waals surface area contributed by atoms with Gasteiger partial charge in [-0.15, -0.1) is 11.3 Å². The van der Waals surface area contributed by atoms with Crippen LogP contribution < -0.4 is 0 Å². The van der Waals surface area contributed by atoms with Gasteiger partial charge in [0.1, 0.15) is 0 Å². The van der Waals surface area contributed by atoms with Crippen molar-refractivity contribution in [2.45, 2.75) is 78.6 Å². The van der Waals surface area contributed by atoms with Gasteiger partial charge in [-0.05, 0) is 31.4 Å². The lowest BCUT2D eigenvalue weighted by molar-refractivity contribution is 0.412. The van der Waals surface area contributed by atoms with E-state index in [0.717, 1.165) is 5.92 Å². The Kier molecular flexibility index (Phi) is 8.41. The van der Waals surface area contributed by atoms with Crippen LogP contribution in [-0.2, 0) is 6.42 Å². The van der Waals surface area contributed by atoms with Crippen molar-refractivity contribution < 1.29 is 0 Å². The van der Waals surface area contributed by atoms with Crippen molar-refractivity contribution in [1.29, 1.82) is 0 Å². The fourth-order valence-corrected chi connectivity index (χ4v) is 3.59. The molecule has 0 nitrogen and oxygen atoms in total. The van der Waals surface area contributed by atoms with Crippen molar-refractivity contribution in [2.24, 2.45) is 5.92 Å². The Balaban J connectivity index is 2.34. The second kappa shape index (κ2) is 9.61. The minimum atomic E-state index is 0.930. The molecule has 0 bridgehead atoms. The minimum Gasteiger partial charge on any atom is -0.146 e. The van der Waals surface area contributed by atoms with Crippen LogP contribution >= 0.6 is 11.3 Å². The quantitative estimate of drug-likeness (QED) is 0.431. The summed E-state index contributed by atoms with van der Waals surface area (Å²) in [5.74, 6) is 0.930. The van der Waals surface area contributed by atoms with Gasteiger partial charge in [0.2, 0.25) is 0 Å². The van der Waals surface area contributed by atoms with E-state index in [1.165, 1.54) is 62.7 Å². The lowest BCUT2D eigenvalue weighted by atomic mass is 9.92. The summed E-state index contributed by atoms with van der Waals surface area (Å²) in [5.41, 5.74) is 0. The third-order valence-electron chi connectivity index (χ3n) is 3.72. The summed E-state index contributed by atoms with van der Waals surface area (Å²) < 4.78 is 0. The Labute approximate surface area is 118 Å².